The van der Waals surface area contributed by atoms with Crippen LogP contribution in [0.15, 0.2) is 40.6 Å². The van der Waals surface area contributed by atoms with Crippen molar-refractivity contribution in [1.29, 1.82) is 0 Å². The maximum absolute atomic E-state index is 12.1. The number of carboxylic acid groups (broad SMARTS) is 1. The number of benzene rings is 1. The van der Waals surface area contributed by atoms with E-state index in [1.807, 2.05) is 6.92 Å². The van der Waals surface area contributed by atoms with Crippen LogP contribution in [0.25, 0.3) is 0 Å². The van der Waals surface area contributed by atoms with Crippen molar-refractivity contribution in [3.05, 3.63) is 46.8 Å². The Balaban J connectivity index is 2.21. The van der Waals surface area contributed by atoms with Crippen LogP contribution in [-0.2, 0) is 16.4 Å². The van der Waals surface area contributed by atoms with Crippen LogP contribution in [0.3, 0.4) is 0 Å². The maximum Gasteiger partial charge on any atom is 0.335 e. The molecule has 7 heteroatoms. The standard InChI is InChI=1S/C13H13NO4S2/c1-2-11-7-8-12(19-11)20(17,18)14-10-5-3-9(4-6-10)13(15)16/h3-8,14H,2H2,1H3,(H,15,16). The molecule has 0 saturated carbocycles. The number of aromatic carboxylic acids is 1. The third kappa shape index (κ3) is 3.17. The second kappa shape index (κ2) is 5.64. The molecule has 0 radical (unpaired) electrons. The van der Waals surface area contributed by atoms with E-state index in [2.05, 4.69) is 4.72 Å². The van der Waals surface area contributed by atoms with Gasteiger partial charge < -0.3 is 5.11 Å². The Morgan fingerprint density at radius 1 is 1.20 bits per heavy atom. The molecule has 2 aromatic rings. The van der Waals surface area contributed by atoms with Crippen LogP contribution in [0.4, 0.5) is 5.69 Å². The quantitative estimate of drug-likeness (QED) is 0.889. The summed E-state index contributed by atoms with van der Waals surface area (Å²) in [7, 11) is -3.61. The van der Waals surface area contributed by atoms with Gasteiger partial charge in [-0.2, -0.15) is 0 Å². The van der Waals surface area contributed by atoms with Gasteiger partial charge in [0.25, 0.3) is 10.0 Å². The fourth-order valence-electron chi connectivity index (χ4n) is 1.58. The highest BCUT2D eigenvalue weighted by molar-refractivity contribution is 7.94. The molecule has 0 aliphatic rings. The fourth-order valence-corrected chi connectivity index (χ4v) is 3.93. The van der Waals surface area contributed by atoms with Crippen molar-refractivity contribution >= 4 is 33.0 Å². The van der Waals surface area contributed by atoms with Gasteiger partial charge >= 0.3 is 5.97 Å². The minimum absolute atomic E-state index is 0.109. The van der Waals surface area contributed by atoms with Crippen LogP contribution < -0.4 is 4.72 Å². The molecule has 0 aliphatic heterocycles. The summed E-state index contributed by atoms with van der Waals surface area (Å²) in [5.74, 6) is -1.05. The average Bonchev–Trinajstić information content (AvgIpc) is 2.88. The van der Waals surface area contributed by atoms with Crippen LogP contribution in [0, 0.1) is 0 Å². The van der Waals surface area contributed by atoms with Crippen LogP contribution in [0.2, 0.25) is 0 Å². The van der Waals surface area contributed by atoms with E-state index >= 15 is 0 Å². The van der Waals surface area contributed by atoms with Crippen molar-refractivity contribution in [2.24, 2.45) is 0 Å². The zero-order chi connectivity index (χ0) is 14.8. The summed E-state index contributed by atoms with van der Waals surface area (Å²) in [5.41, 5.74) is 0.443. The second-order valence-electron chi connectivity index (χ2n) is 4.06. The number of carboxylic acids is 1. The highest BCUT2D eigenvalue weighted by Crippen LogP contribution is 2.24. The highest BCUT2D eigenvalue weighted by atomic mass is 32.2. The van der Waals surface area contributed by atoms with Gasteiger partial charge in [0, 0.05) is 10.6 Å². The van der Waals surface area contributed by atoms with Gasteiger partial charge in [0.1, 0.15) is 4.21 Å². The van der Waals surface area contributed by atoms with Crippen LogP contribution in [0.1, 0.15) is 22.2 Å². The zero-order valence-corrected chi connectivity index (χ0v) is 12.3. The summed E-state index contributed by atoms with van der Waals surface area (Å²) >= 11 is 1.22. The molecule has 0 spiro atoms. The lowest BCUT2D eigenvalue weighted by atomic mass is 10.2. The molecule has 0 saturated heterocycles. The van der Waals surface area contributed by atoms with E-state index in [0.29, 0.717) is 5.69 Å². The molecule has 1 aromatic carbocycles. The number of carbonyl (C=O) groups is 1. The number of sulfonamides is 1. The van der Waals surface area contributed by atoms with Gasteiger partial charge in [-0.1, -0.05) is 6.92 Å². The van der Waals surface area contributed by atoms with E-state index in [9.17, 15) is 13.2 Å². The summed E-state index contributed by atoms with van der Waals surface area (Å²) in [6.07, 6.45) is 0.785. The molecule has 2 N–H and O–H groups in total. The van der Waals surface area contributed by atoms with E-state index in [-0.39, 0.29) is 9.77 Å². The predicted molar refractivity (Wildman–Crippen MR) is 77.9 cm³/mol. The average molecular weight is 311 g/mol. The van der Waals surface area contributed by atoms with Gasteiger partial charge in [0.2, 0.25) is 0 Å². The summed E-state index contributed by atoms with van der Waals surface area (Å²) in [6, 6.07) is 8.91. The topological polar surface area (TPSA) is 83.5 Å². The summed E-state index contributed by atoms with van der Waals surface area (Å²) in [6.45, 7) is 1.96. The molecule has 1 aromatic heterocycles. The number of nitrogens with one attached hydrogen (secondary N) is 1. The number of thiophene rings is 1. The van der Waals surface area contributed by atoms with Crippen molar-refractivity contribution < 1.29 is 18.3 Å². The molecule has 0 unspecified atom stereocenters. The van der Waals surface area contributed by atoms with E-state index in [1.54, 1.807) is 12.1 Å². The second-order valence-corrected chi connectivity index (χ2v) is 7.14. The Bertz CT molecular complexity index is 717. The molecule has 0 aliphatic carbocycles. The van der Waals surface area contributed by atoms with Crippen molar-refractivity contribution in [2.75, 3.05) is 4.72 Å². The van der Waals surface area contributed by atoms with E-state index in [4.69, 9.17) is 5.11 Å². The van der Waals surface area contributed by atoms with Crippen LogP contribution in [0.5, 0.6) is 0 Å². The SMILES string of the molecule is CCc1ccc(S(=O)(=O)Nc2ccc(C(=O)O)cc2)s1. The van der Waals surface area contributed by atoms with E-state index in [1.165, 1.54) is 35.6 Å². The molecule has 1 heterocycles. The van der Waals surface area contributed by atoms with Crippen molar-refractivity contribution in [3.63, 3.8) is 0 Å². The van der Waals surface area contributed by atoms with Gasteiger partial charge in [-0.3, -0.25) is 4.72 Å². The van der Waals surface area contributed by atoms with Crippen molar-refractivity contribution in [1.82, 2.24) is 0 Å². The summed E-state index contributed by atoms with van der Waals surface area (Å²) < 4.78 is 26.9. The first-order valence-electron chi connectivity index (χ1n) is 5.87. The lowest BCUT2D eigenvalue weighted by Crippen LogP contribution is -2.11. The van der Waals surface area contributed by atoms with Gasteiger partial charge in [-0.15, -0.1) is 11.3 Å². The molecule has 20 heavy (non-hydrogen) atoms. The first kappa shape index (κ1) is 14.5. The Kier molecular flexibility index (Phi) is 4.10. The summed E-state index contributed by atoms with van der Waals surface area (Å²) in [5, 5.41) is 8.78. The van der Waals surface area contributed by atoms with E-state index < -0.39 is 16.0 Å². The molecule has 2 rings (SSSR count). The lowest BCUT2D eigenvalue weighted by Gasteiger charge is -2.06. The molecule has 0 amide bonds. The minimum atomic E-state index is -3.61. The van der Waals surface area contributed by atoms with Crippen LogP contribution in [-0.4, -0.2) is 19.5 Å². The molecule has 106 valence electrons. The highest BCUT2D eigenvalue weighted by Gasteiger charge is 2.16. The predicted octanol–water partition coefficient (Wildman–Crippen LogP) is 2.81. The monoisotopic (exact) mass is 311 g/mol. The van der Waals surface area contributed by atoms with Gasteiger partial charge in [0.15, 0.2) is 0 Å². The lowest BCUT2D eigenvalue weighted by molar-refractivity contribution is 0.0697. The fraction of sp³-hybridized carbons (Fsp3) is 0.154. The number of rotatable bonds is 5. The molecule has 5 nitrogen and oxygen atoms in total. The molecular weight excluding hydrogens is 298 g/mol. The maximum atomic E-state index is 12.1. The first-order chi connectivity index (χ1) is 9.42. The molecular formula is C13H13NO4S2. The summed E-state index contributed by atoms with van der Waals surface area (Å²) in [4.78, 5) is 11.7. The smallest absolute Gasteiger partial charge is 0.335 e. The van der Waals surface area contributed by atoms with Gasteiger partial charge in [-0.05, 0) is 42.8 Å². The zero-order valence-electron chi connectivity index (χ0n) is 10.7. The van der Waals surface area contributed by atoms with E-state index in [0.717, 1.165) is 11.3 Å². The Labute approximate surface area is 120 Å². The Morgan fingerprint density at radius 3 is 2.35 bits per heavy atom. The largest absolute Gasteiger partial charge is 0.478 e. The van der Waals surface area contributed by atoms with Crippen LogP contribution >= 0.6 is 11.3 Å². The third-order valence-electron chi connectivity index (χ3n) is 2.63. The number of aryl methyl sites for hydroxylation is 1. The Hall–Kier alpha value is -1.86. The van der Waals surface area contributed by atoms with Gasteiger partial charge in [-0.25, -0.2) is 13.2 Å². The third-order valence-corrected chi connectivity index (χ3v) is 5.74. The van der Waals surface area contributed by atoms with Crippen molar-refractivity contribution in [3.8, 4) is 0 Å². The van der Waals surface area contributed by atoms with Crippen molar-refractivity contribution in [2.45, 2.75) is 17.6 Å². The molecule has 0 bridgehead atoms. The molecule has 0 fully saturated rings. The number of hydrogen-bond acceptors (Lipinski definition) is 4. The normalized spacial score (nSPS) is 11.2. The molecule has 0 atom stereocenters. The Morgan fingerprint density at radius 2 is 1.85 bits per heavy atom. The number of hydrogen-bond donors (Lipinski definition) is 2. The minimum Gasteiger partial charge on any atom is -0.478 e. The number of anilines is 1. The van der Waals surface area contributed by atoms with Gasteiger partial charge in [0.05, 0.1) is 5.56 Å². The first-order valence-corrected chi connectivity index (χ1v) is 8.17.